The van der Waals surface area contributed by atoms with Crippen molar-refractivity contribution in [3.05, 3.63) is 0 Å². The van der Waals surface area contributed by atoms with E-state index in [4.69, 9.17) is 19.7 Å². The number of ether oxygens (including phenoxy) is 2. The predicted molar refractivity (Wildman–Crippen MR) is 124 cm³/mol. The summed E-state index contributed by atoms with van der Waals surface area (Å²) >= 11 is 0. The van der Waals surface area contributed by atoms with Crippen molar-refractivity contribution in [1.29, 1.82) is 0 Å². The van der Waals surface area contributed by atoms with Gasteiger partial charge in [-0.3, -0.25) is 9.59 Å². The van der Waals surface area contributed by atoms with E-state index in [9.17, 15) is 9.59 Å². The Labute approximate surface area is 206 Å². The van der Waals surface area contributed by atoms with Crippen molar-refractivity contribution in [2.75, 3.05) is 7.11 Å². The minimum absolute atomic E-state index is 0. The minimum atomic E-state index is -0.403. The van der Waals surface area contributed by atoms with E-state index in [0.717, 1.165) is 20.0 Å². The van der Waals surface area contributed by atoms with Crippen molar-refractivity contribution in [2.45, 2.75) is 124 Å². The molecule has 0 aliphatic carbocycles. The van der Waals surface area contributed by atoms with Gasteiger partial charge in [0.15, 0.2) is 0 Å². The molecule has 0 rings (SSSR count). The Hall–Kier alpha value is -0.180. The predicted octanol–water partition coefficient (Wildman–Crippen LogP) is 2.70. The molecule has 29 heavy (non-hydrogen) atoms. The maximum Gasteiger partial charge on any atom is 1.00 e. The SMILES string of the molecule is C.C.C.C.C.C.CCC(C)OC(C)=O.CCC(CC(C)O)OC(C)=O.CO.[Na+].[OH-]. The summed E-state index contributed by atoms with van der Waals surface area (Å²) in [5, 5.41) is 16.0. The van der Waals surface area contributed by atoms with Crippen molar-refractivity contribution in [3.8, 4) is 0 Å². The summed E-state index contributed by atoms with van der Waals surface area (Å²) in [7, 11) is 1.00. The average molecular weight is 445 g/mol. The van der Waals surface area contributed by atoms with E-state index in [-0.39, 0.29) is 104 Å². The zero-order valence-electron chi connectivity index (χ0n) is 15.8. The van der Waals surface area contributed by atoms with Gasteiger partial charge in [-0.1, -0.05) is 58.4 Å². The largest absolute Gasteiger partial charge is 1.00 e. The van der Waals surface area contributed by atoms with Gasteiger partial charge >= 0.3 is 41.5 Å². The Morgan fingerprint density at radius 1 is 0.793 bits per heavy atom. The van der Waals surface area contributed by atoms with Gasteiger partial charge in [-0.25, -0.2) is 0 Å². The van der Waals surface area contributed by atoms with Crippen LogP contribution in [0.25, 0.3) is 0 Å². The summed E-state index contributed by atoms with van der Waals surface area (Å²) < 4.78 is 9.67. The average Bonchev–Trinajstić information content (AvgIpc) is 2.39. The van der Waals surface area contributed by atoms with Gasteiger partial charge < -0.3 is 25.2 Å². The molecule has 0 fully saturated rings. The number of esters is 2. The van der Waals surface area contributed by atoms with Crippen molar-refractivity contribution >= 4 is 11.9 Å². The first-order chi connectivity index (χ1) is 9.72. The van der Waals surface area contributed by atoms with Crippen LogP contribution in [0.5, 0.6) is 0 Å². The number of aliphatic hydroxyl groups is 2. The second kappa shape index (κ2) is 50.9. The number of carbonyl (C=O) groups excluding carboxylic acids is 2. The monoisotopic (exact) mass is 444 g/mol. The summed E-state index contributed by atoms with van der Waals surface area (Å²) in [6, 6.07) is 0. The van der Waals surface area contributed by atoms with E-state index in [0.29, 0.717) is 6.42 Å². The summed E-state index contributed by atoms with van der Waals surface area (Å²) in [4.78, 5) is 20.7. The smallest absolute Gasteiger partial charge is 0.870 e. The molecule has 3 atom stereocenters. The van der Waals surface area contributed by atoms with Crippen LogP contribution in [0.1, 0.15) is 105 Å². The summed E-state index contributed by atoms with van der Waals surface area (Å²) in [6.45, 7) is 10.3. The molecule has 0 heterocycles. The minimum Gasteiger partial charge on any atom is -0.870 e. The fraction of sp³-hybridized carbons (Fsp3) is 0.905. The van der Waals surface area contributed by atoms with Crippen LogP contribution >= 0.6 is 0 Å². The van der Waals surface area contributed by atoms with Gasteiger partial charge in [-0.2, -0.15) is 0 Å². The zero-order valence-corrected chi connectivity index (χ0v) is 17.8. The Bertz CT molecular complexity index is 263. The first-order valence-corrected chi connectivity index (χ1v) is 7.20. The summed E-state index contributed by atoms with van der Waals surface area (Å²) in [5.41, 5.74) is 0. The Kier molecular flexibility index (Phi) is 123. The van der Waals surface area contributed by atoms with Gasteiger partial charge in [0.1, 0.15) is 6.10 Å². The standard InChI is InChI=1S/C8H16O3.C6H12O2.CH4O.6CH4.Na.H2O/c1-4-8(5-6(2)9)11-7(3)10;1-4-5(2)8-6(3)7;1-2;;;;;;;;/h6,8-9H,4-5H2,1-3H3;5H,4H2,1-3H3;2H,1H3;6*1H4;;1H2/q;;;;;;;;;+1;/p-1. The Balaban J connectivity index is -0.0000000185. The molecule has 0 saturated carbocycles. The van der Waals surface area contributed by atoms with Crippen LogP contribution in [-0.2, 0) is 19.1 Å². The van der Waals surface area contributed by atoms with Gasteiger partial charge in [0, 0.05) is 27.4 Å². The molecule has 0 aromatic heterocycles. The van der Waals surface area contributed by atoms with E-state index in [1.54, 1.807) is 6.92 Å². The number of rotatable bonds is 6. The molecule has 0 spiro atoms. The quantitative estimate of drug-likeness (QED) is 0.477. The molecule has 0 aromatic rings. The third-order valence-corrected chi connectivity index (χ3v) is 2.33. The first kappa shape index (κ1) is 70.2. The molecule has 7 nitrogen and oxygen atoms in total. The third kappa shape index (κ3) is 74.1. The van der Waals surface area contributed by atoms with E-state index in [2.05, 4.69) is 0 Å². The zero-order chi connectivity index (χ0) is 17.4. The van der Waals surface area contributed by atoms with Crippen molar-refractivity contribution in [1.82, 2.24) is 0 Å². The van der Waals surface area contributed by atoms with Gasteiger partial charge in [-0.15, -0.1) is 0 Å². The van der Waals surface area contributed by atoms with Crippen molar-refractivity contribution in [2.24, 2.45) is 0 Å². The summed E-state index contributed by atoms with van der Waals surface area (Å²) in [6.07, 6.45) is 1.71. The van der Waals surface area contributed by atoms with E-state index >= 15 is 0 Å². The van der Waals surface area contributed by atoms with Crippen LogP contribution in [-0.4, -0.2) is 53.0 Å². The van der Waals surface area contributed by atoms with Crippen LogP contribution in [0.2, 0.25) is 0 Å². The van der Waals surface area contributed by atoms with Crippen LogP contribution in [0, 0.1) is 0 Å². The maximum atomic E-state index is 10.5. The van der Waals surface area contributed by atoms with E-state index in [1.165, 1.54) is 13.8 Å². The summed E-state index contributed by atoms with van der Waals surface area (Å²) in [5.74, 6) is -0.475. The van der Waals surface area contributed by atoms with Crippen LogP contribution in [0.3, 0.4) is 0 Å². The topological polar surface area (TPSA) is 123 Å². The van der Waals surface area contributed by atoms with Crippen LogP contribution in [0.4, 0.5) is 0 Å². The number of hydrogen-bond acceptors (Lipinski definition) is 7. The number of hydrogen-bond donors (Lipinski definition) is 2. The molecule has 0 aliphatic heterocycles. The van der Waals surface area contributed by atoms with E-state index < -0.39 is 6.10 Å². The van der Waals surface area contributed by atoms with Crippen molar-refractivity contribution < 1.29 is 64.3 Å². The molecule has 0 radical (unpaired) electrons. The molecular formula is C21H57NaO7. The van der Waals surface area contributed by atoms with Gasteiger partial charge in [0.2, 0.25) is 0 Å². The van der Waals surface area contributed by atoms with Gasteiger partial charge in [0.25, 0.3) is 0 Å². The molecule has 184 valence electrons. The molecule has 0 bridgehead atoms. The fourth-order valence-electron chi connectivity index (χ4n) is 1.28. The molecule has 0 amide bonds. The van der Waals surface area contributed by atoms with Gasteiger partial charge in [0.05, 0.1) is 12.2 Å². The normalized spacial score (nSPS) is 9.69. The number of aliphatic hydroxyl groups excluding tert-OH is 2. The Morgan fingerprint density at radius 2 is 1.10 bits per heavy atom. The van der Waals surface area contributed by atoms with Gasteiger partial charge in [-0.05, 0) is 26.7 Å². The van der Waals surface area contributed by atoms with Crippen LogP contribution < -0.4 is 29.6 Å². The van der Waals surface area contributed by atoms with E-state index in [1.807, 2.05) is 20.8 Å². The molecule has 0 saturated heterocycles. The molecular weight excluding hydrogens is 387 g/mol. The molecule has 0 aromatic carbocycles. The molecule has 0 aliphatic rings. The number of carbonyl (C=O) groups is 2. The Morgan fingerprint density at radius 3 is 1.24 bits per heavy atom. The molecule has 8 heteroatoms. The van der Waals surface area contributed by atoms with Crippen LogP contribution in [0.15, 0.2) is 0 Å². The second-order valence-electron chi connectivity index (χ2n) is 4.55. The maximum absolute atomic E-state index is 10.5. The molecule has 3 N–H and O–H groups in total. The fourth-order valence-corrected chi connectivity index (χ4v) is 1.28. The first-order valence-electron chi connectivity index (χ1n) is 7.20. The third-order valence-electron chi connectivity index (χ3n) is 2.33. The second-order valence-corrected chi connectivity index (χ2v) is 4.55. The molecule has 3 unspecified atom stereocenters. The van der Waals surface area contributed by atoms with Crippen molar-refractivity contribution in [3.63, 3.8) is 0 Å².